The average Bonchev–Trinajstić information content (AvgIpc) is 3.51. The first-order valence-electron chi connectivity index (χ1n) is 11.2. The molecule has 0 radical (unpaired) electrons. The SMILES string of the molecule is COc1ccc2nc(N(CCCN(C)C)C(=O)C3CCCN(S(=O)(=O)c4cccs4)C3)sc2c1. The quantitative estimate of drug-likeness (QED) is 0.426. The fourth-order valence-corrected chi connectivity index (χ4v) is 7.79. The van der Waals surface area contributed by atoms with Crippen molar-refractivity contribution in [1.82, 2.24) is 14.2 Å². The van der Waals surface area contributed by atoms with E-state index in [1.54, 1.807) is 29.5 Å². The fourth-order valence-electron chi connectivity index (χ4n) is 4.10. The van der Waals surface area contributed by atoms with Crippen LogP contribution in [0.5, 0.6) is 5.75 Å². The van der Waals surface area contributed by atoms with E-state index in [4.69, 9.17) is 9.72 Å². The molecule has 3 heterocycles. The highest BCUT2D eigenvalue weighted by Gasteiger charge is 2.36. The van der Waals surface area contributed by atoms with Crippen LogP contribution in [0.4, 0.5) is 5.13 Å². The number of thiazole rings is 1. The number of aromatic nitrogens is 1. The molecule has 1 aromatic carbocycles. The largest absolute Gasteiger partial charge is 0.497 e. The molecule has 1 unspecified atom stereocenters. The molecule has 1 fully saturated rings. The van der Waals surface area contributed by atoms with E-state index in [9.17, 15) is 13.2 Å². The summed E-state index contributed by atoms with van der Waals surface area (Å²) in [5.41, 5.74) is 0.816. The molecule has 3 aromatic rings. The number of ether oxygens (including phenoxy) is 1. The molecule has 1 aliphatic rings. The minimum atomic E-state index is -3.58. The zero-order chi connectivity index (χ0) is 24.3. The average molecular weight is 523 g/mol. The van der Waals surface area contributed by atoms with Gasteiger partial charge in [-0.05, 0) is 69.5 Å². The maximum absolute atomic E-state index is 13.8. The Morgan fingerprint density at radius 2 is 2.09 bits per heavy atom. The van der Waals surface area contributed by atoms with E-state index in [1.165, 1.54) is 27.0 Å². The minimum Gasteiger partial charge on any atom is -0.497 e. The van der Waals surface area contributed by atoms with Crippen LogP contribution in [0.15, 0.2) is 39.9 Å². The molecule has 0 aliphatic carbocycles. The Bertz CT molecular complexity index is 1220. The van der Waals surface area contributed by atoms with Gasteiger partial charge in [-0.2, -0.15) is 4.31 Å². The van der Waals surface area contributed by atoms with Crippen LogP contribution in [0, 0.1) is 5.92 Å². The van der Waals surface area contributed by atoms with Crippen molar-refractivity contribution in [2.75, 3.05) is 52.3 Å². The summed E-state index contributed by atoms with van der Waals surface area (Å²) < 4.78 is 34.2. The van der Waals surface area contributed by atoms with Crippen molar-refractivity contribution in [2.24, 2.45) is 5.92 Å². The number of nitrogens with zero attached hydrogens (tertiary/aromatic N) is 4. The second-order valence-electron chi connectivity index (χ2n) is 8.61. The highest BCUT2D eigenvalue weighted by molar-refractivity contribution is 7.91. The normalized spacial score (nSPS) is 17.4. The van der Waals surface area contributed by atoms with Gasteiger partial charge in [0, 0.05) is 19.6 Å². The number of methoxy groups -OCH3 is 1. The summed E-state index contributed by atoms with van der Waals surface area (Å²) in [6, 6.07) is 9.03. The fraction of sp³-hybridized carbons (Fsp3) is 0.478. The molecule has 1 atom stereocenters. The lowest BCUT2D eigenvalue weighted by Crippen LogP contribution is -2.47. The van der Waals surface area contributed by atoms with Crippen LogP contribution >= 0.6 is 22.7 Å². The summed E-state index contributed by atoms with van der Waals surface area (Å²) in [7, 11) is 2.05. The highest BCUT2D eigenvalue weighted by Crippen LogP contribution is 2.34. The van der Waals surface area contributed by atoms with Crippen molar-refractivity contribution < 1.29 is 17.9 Å². The maximum Gasteiger partial charge on any atom is 0.252 e. The van der Waals surface area contributed by atoms with E-state index in [-0.39, 0.29) is 12.5 Å². The third-order valence-corrected chi connectivity index (χ3v) is 10.2. The lowest BCUT2D eigenvalue weighted by Gasteiger charge is -2.33. The van der Waals surface area contributed by atoms with E-state index in [0.29, 0.717) is 35.3 Å². The Balaban J connectivity index is 1.58. The summed E-state index contributed by atoms with van der Waals surface area (Å²) >= 11 is 2.67. The Labute approximate surface area is 208 Å². The van der Waals surface area contributed by atoms with E-state index in [2.05, 4.69) is 4.90 Å². The molecule has 1 amide bonds. The predicted molar refractivity (Wildman–Crippen MR) is 137 cm³/mol. The van der Waals surface area contributed by atoms with Crippen molar-refractivity contribution in [1.29, 1.82) is 0 Å². The molecular weight excluding hydrogens is 492 g/mol. The second kappa shape index (κ2) is 10.7. The zero-order valence-electron chi connectivity index (χ0n) is 19.6. The molecule has 11 heteroatoms. The molecule has 1 saturated heterocycles. The van der Waals surface area contributed by atoms with Crippen LogP contribution in [-0.4, -0.2) is 75.9 Å². The van der Waals surface area contributed by atoms with Crippen LogP contribution < -0.4 is 9.64 Å². The van der Waals surface area contributed by atoms with Gasteiger partial charge in [-0.15, -0.1) is 11.3 Å². The van der Waals surface area contributed by atoms with Gasteiger partial charge in [0.15, 0.2) is 5.13 Å². The number of hydrogen-bond donors (Lipinski definition) is 0. The number of amides is 1. The third kappa shape index (κ3) is 5.44. The molecule has 184 valence electrons. The van der Waals surface area contributed by atoms with E-state index < -0.39 is 15.9 Å². The number of hydrogen-bond acceptors (Lipinski definition) is 8. The molecule has 1 aliphatic heterocycles. The standard InChI is InChI=1S/C23H30N4O4S3/c1-25(2)11-6-13-27(23-24-19-10-9-18(31-3)15-20(19)33-23)22(28)17-7-4-12-26(16-17)34(29,30)21-8-5-14-32-21/h5,8-10,14-15,17H,4,6-7,11-13,16H2,1-3H3. The topological polar surface area (TPSA) is 83.1 Å². The highest BCUT2D eigenvalue weighted by atomic mass is 32.2. The Hall–Kier alpha value is -2.05. The van der Waals surface area contributed by atoms with Gasteiger partial charge in [-0.25, -0.2) is 13.4 Å². The predicted octanol–water partition coefficient (Wildman–Crippen LogP) is 3.75. The summed E-state index contributed by atoms with van der Waals surface area (Å²) in [6.07, 6.45) is 2.11. The smallest absolute Gasteiger partial charge is 0.252 e. The van der Waals surface area contributed by atoms with Crippen molar-refractivity contribution >= 4 is 54.0 Å². The summed E-state index contributed by atoms with van der Waals surface area (Å²) in [5.74, 6) is 0.287. The van der Waals surface area contributed by atoms with Gasteiger partial charge in [0.1, 0.15) is 9.96 Å². The van der Waals surface area contributed by atoms with Crippen LogP contribution in [0.2, 0.25) is 0 Å². The van der Waals surface area contributed by atoms with Crippen LogP contribution in [0.3, 0.4) is 0 Å². The number of piperidine rings is 1. The summed E-state index contributed by atoms with van der Waals surface area (Å²) in [4.78, 5) is 22.3. The first-order valence-corrected chi connectivity index (χ1v) is 14.4. The van der Waals surface area contributed by atoms with E-state index in [0.717, 1.165) is 28.9 Å². The molecular formula is C23H30N4O4S3. The van der Waals surface area contributed by atoms with Gasteiger partial charge in [0.05, 0.1) is 23.2 Å². The summed E-state index contributed by atoms with van der Waals surface area (Å²) in [6.45, 7) is 2.00. The number of benzene rings is 1. The van der Waals surface area contributed by atoms with Crippen molar-refractivity contribution in [3.8, 4) is 5.75 Å². The Morgan fingerprint density at radius 1 is 1.26 bits per heavy atom. The Kier molecular flexibility index (Phi) is 7.88. The number of rotatable bonds is 9. The number of carbonyl (C=O) groups is 1. The maximum atomic E-state index is 13.8. The number of fused-ring (bicyclic) bond motifs is 1. The van der Waals surface area contributed by atoms with Gasteiger partial charge in [-0.3, -0.25) is 9.69 Å². The van der Waals surface area contributed by atoms with E-state index >= 15 is 0 Å². The minimum absolute atomic E-state index is 0.0594. The lowest BCUT2D eigenvalue weighted by atomic mass is 9.98. The molecule has 2 aromatic heterocycles. The van der Waals surface area contributed by atoms with Crippen LogP contribution in [0.1, 0.15) is 19.3 Å². The van der Waals surface area contributed by atoms with Crippen LogP contribution in [0.25, 0.3) is 10.2 Å². The van der Waals surface area contributed by atoms with E-state index in [1.807, 2.05) is 32.3 Å². The molecule has 0 N–H and O–H groups in total. The van der Waals surface area contributed by atoms with Gasteiger partial charge >= 0.3 is 0 Å². The van der Waals surface area contributed by atoms with Crippen LogP contribution in [-0.2, 0) is 14.8 Å². The van der Waals surface area contributed by atoms with Gasteiger partial charge in [0.25, 0.3) is 10.0 Å². The number of carbonyl (C=O) groups excluding carboxylic acids is 1. The van der Waals surface area contributed by atoms with Crippen molar-refractivity contribution in [3.05, 3.63) is 35.7 Å². The number of anilines is 1. The van der Waals surface area contributed by atoms with Gasteiger partial charge in [-0.1, -0.05) is 17.4 Å². The van der Waals surface area contributed by atoms with Crippen molar-refractivity contribution in [3.63, 3.8) is 0 Å². The van der Waals surface area contributed by atoms with Gasteiger partial charge < -0.3 is 9.64 Å². The molecule has 34 heavy (non-hydrogen) atoms. The Morgan fingerprint density at radius 3 is 2.79 bits per heavy atom. The zero-order valence-corrected chi connectivity index (χ0v) is 22.1. The first-order chi connectivity index (χ1) is 16.3. The molecule has 4 rings (SSSR count). The third-order valence-electron chi connectivity index (χ3n) is 5.89. The summed E-state index contributed by atoms with van der Waals surface area (Å²) in [5, 5.41) is 2.40. The number of thiophene rings is 1. The molecule has 0 bridgehead atoms. The monoisotopic (exact) mass is 522 g/mol. The second-order valence-corrected chi connectivity index (χ2v) is 12.7. The molecule has 8 nitrogen and oxygen atoms in total. The van der Waals surface area contributed by atoms with Gasteiger partial charge in [0.2, 0.25) is 5.91 Å². The molecule has 0 spiro atoms. The first kappa shape index (κ1) is 25.1. The number of sulfonamides is 1. The lowest BCUT2D eigenvalue weighted by molar-refractivity contribution is -0.123. The van der Waals surface area contributed by atoms with Crippen molar-refractivity contribution in [2.45, 2.75) is 23.5 Å². The molecule has 0 saturated carbocycles.